The Labute approximate surface area is 184 Å². The molecule has 2 heterocycles. The molecule has 3 aromatic rings. The van der Waals surface area contributed by atoms with Crippen LogP contribution in [-0.2, 0) is 11.3 Å². The Morgan fingerprint density at radius 1 is 0.903 bits per heavy atom. The number of piperazine rings is 1. The van der Waals surface area contributed by atoms with Gasteiger partial charge in [0.2, 0.25) is 5.91 Å². The van der Waals surface area contributed by atoms with Gasteiger partial charge < -0.3 is 15.1 Å². The van der Waals surface area contributed by atoms with Gasteiger partial charge >= 0.3 is 0 Å². The van der Waals surface area contributed by atoms with E-state index in [0.29, 0.717) is 13.0 Å². The maximum Gasteiger partial charge on any atom is 0.221 e. The van der Waals surface area contributed by atoms with E-state index in [0.717, 1.165) is 48.7 Å². The van der Waals surface area contributed by atoms with Crippen LogP contribution in [0.2, 0.25) is 0 Å². The molecular weight excluding hydrogens is 384 g/mol. The van der Waals surface area contributed by atoms with E-state index in [9.17, 15) is 4.79 Å². The molecule has 0 atom stereocenters. The molecule has 1 N–H and O–H groups in total. The first kappa shape index (κ1) is 21.1. The lowest BCUT2D eigenvalue weighted by Crippen LogP contribution is -2.45. The standard InChI is InChI=1S/C26H30N4O/c1-29-15-17-30(18-16-29)26-23(13-8-14-27-26)20-28-25(31)19-24(21-9-4-2-5-10-21)22-11-6-3-7-12-22/h2-14,24H,15-20H2,1H3,(H,28,31). The van der Waals surface area contributed by atoms with Gasteiger partial charge in [0.1, 0.15) is 5.82 Å². The van der Waals surface area contributed by atoms with E-state index in [4.69, 9.17) is 0 Å². The van der Waals surface area contributed by atoms with Crippen molar-refractivity contribution in [2.45, 2.75) is 18.9 Å². The third-order valence-electron chi connectivity index (χ3n) is 5.94. The molecule has 1 amide bonds. The van der Waals surface area contributed by atoms with Gasteiger partial charge in [0, 0.05) is 56.8 Å². The van der Waals surface area contributed by atoms with Gasteiger partial charge in [-0.15, -0.1) is 0 Å². The monoisotopic (exact) mass is 414 g/mol. The van der Waals surface area contributed by atoms with E-state index in [1.807, 2.05) is 48.7 Å². The number of carbonyl (C=O) groups is 1. The zero-order chi connectivity index (χ0) is 21.5. The van der Waals surface area contributed by atoms with Crippen LogP contribution >= 0.6 is 0 Å². The minimum absolute atomic E-state index is 0.0356. The van der Waals surface area contributed by atoms with Crippen LogP contribution in [0, 0.1) is 0 Å². The maximum atomic E-state index is 13.0. The molecular formula is C26H30N4O. The van der Waals surface area contributed by atoms with Crippen LogP contribution in [0.25, 0.3) is 0 Å². The smallest absolute Gasteiger partial charge is 0.221 e. The van der Waals surface area contributed by atoms with Crippen LogP contribution < -0.4 is 10.2 Å². The molecule has 5 heteroatoms. The number of pyridine rings is 1. The summed E-state index contributed by atoms with van der Waals surface area (Å²) < 4.78 is 0. The summed E-state index contributed by atoms with van der Waals surface area (Å²) in [4.78, 5) is 22.2. The Morgan fingerprint density at radius 3 is 2.13 bits per heavy atom. The van der Waals surface area contributed by atoms with Crippen molar-refractivity contribution in [2.75, 3.05) is 38.1 Å². The zero-order valence-corrected chi connectivity index (χ0v) is 18.1. The van der Waals surface area contributed by atoms with Crippen molar-refractivity contribution >= 4 is 11.7 Å². The fourth-order valence-corrected chi connectivity index (χ4v) is 4.12. The summed E-state index contributed by atoms with van der Waals surface area (Å²) in [6.45, 7) is 4.46. The zero-order valence-electron chi connectivity index (χ0n) is 18.1. The van der Waals surface area contributed by atoms with Crippen LogP contribution in [0.3, 0.4) is 0 Å². The maximum absolute atomic E-state index is 13.0. The number of hydrogen-bond donors (Lipinski definition) is 1. The highest BCUT2D eigenvalue weighted by molar-refractivity contribution is 5.77. The van der Waals surface area contributed by atoms with E-state index in [2.05, 4.69) is 57.5 Å². The average Bonchev–Trinajstić information content (AvgIpc) is 2.83. The van der Waals surface area contributed by atoms with Crippen LogP contribution in [0.15, 0.2) is 79.0 Å². The van der Waals surface area contributed by atoms with Crippen molar-refractivity contribution in [1.82, 2.24) is 15.2 Å². The van der Waals surface area contributed by atoms with Gasteiger partial charge in [-0.25, -0.2) is 4.98 Å². The number of rotatable bonds is 7. The number of likely N-dealkylation sites (N-methyl/N-ethyl adjacent to an activating group) is 1. The summed E-state index contributed by atoms with van der Waals surface area (Å²) in [5, 5.41) is 3.14. The molecule has 160 valence electrons. The van der Waals surface area contributed by atoms with Crippen LogP contribution in [0.4, 0.5) is 5.82 Å². The first-order valence-corrected chi connectivity index (χ1v) is 10.9. The summed E-state index contributed by atoms with van der Waals surface area (Å²) >= 11 is 0. The highest BCUT2D eigenvalue weighted by Gasteiger charge is 2.20. The molecule has 1 aromatic heterocycles. The highest BCUT2D eigenvalue weighted by Crippen LogP contribution is 2.28. The molecule has 1 aliphatic heterocycles. The predicted octanol–water partition coefficient (Wildman–Crippen LogP) is 3.67. The van der Waals surface area contributed by atoms with Crippen LogP contribution in [0.5, 0.6) is 0 Å². The second-order valence-corrected chi connectivity index (χ2v) is 8.13. The molecule has 0 bridgehead atoms. The Hall–Kier alpha value is -3.18. The number of nitrogens with one attached hydrogen (secondary N) is 1. The fraction of sp³-hybridized carbons (Fsp3) is 0.308. The number of anilines is 1. The molecule has 4 rings (SSSR count). The summed E-state index contributed by atoms with van der Waals surface area (Å²) in [6, 6.07) is 24.5. The lowest BCUT2D eigenvalue weighted by Gasteiger charge is -2.34. The molecule has 31 heavy (non-hydrogen) atoms. The van der Waals surface area contributed by atoms with Gasteiger partial charge in [-0.05, 0) is 24.2 Å². The largest absolute Gasteiger partial charge is 0.354 e. The van der Waals surface area contributed by atoms with Crippen molar-refractivity contribution in [2.24, 2.45) is 0 Å². The van der Waals surface area contributed by atoms with Crippen molar-refractivity contribution in [1.29, 1.82) is 0 Å². The van der Waals surface area contributed by atoms with Gasteiger partial charge in [-0.2, -0.15) is 0 Å². The molecule has 1 fully saturated rings. The summed E-state index contributed by atoms with van der Waals surface area (Å²) in [6.07, 6.45) is 2.25. The molecule has 0 saturated carbocycles. The molecule has 2 aromatic carbocycles. The van der Waals surface area contributed by atoms with Crippen molar-refractivity contribution in [3.05, 3.63) is 95.7 Å². The predicted molar refractivity (Wildman–Crippen MR) is 125 cm³/mol. The molecule has 5 nitrogen and oxygen atoms in total. The highest BCUT2D eigenvalue weighted by atomic mass is 16.1. The number of amides is 1. The van der Waals surface area contributed by atoms with Crippen LogP contribution in [-0.4, -0.2) is 49.0 Å². The summed E-state index contributed by atoms with van der Waals surface area (Å²) in [5.41, 5.74) is 3.38. The first-order valence-electron chi connectivity index (χ1n) is 10.9. The van der Waals surface area contributed by atoms with Gasteiger partial charge in [0.25, 0.3) is 0 Å². The minimum atomic E-state index is 0.0356. The molecule has 1 saturated heterocycles. The van der Waals surface area contributed by atoms with E-state index in [1.165, 1.54) is 0 Å². The Balaban J connectivity index is 1.44. The molecule has 0 aliphatic carbocycles. The first-order chi connectivity index (χ1) is 15.2. The SMILES string of the molecule is CN1CCN(c2ncccc2CNC(=O)CC(c2ccccc2)c2ccccc2)CC1. The number of benzene rings is 2. The Morgan fingerprint density at radius 2 is 1.52 bits per heavy atom. The molecule has 1 aliphatic rings. The summed E-state index contributed by atoms with van der Waals surface area (Å²) in [7, 11) is 2.15. The number of carbonyl (C=O) groups excluding carboxylic acids is 1. The van der Waals surface area contributed by atoms with Crippen molar-refractivity contribution < 1.29 is 4.79 Å². The molecule has 0 radical (unpaired) electrons. The topological polar surface area (TPSA) is 48.5 Å². The molecule has 0 unspecified atom stereocenters. The Bertz CT molecular complexity index is 929. The number of nitrogens with zero attached hydrogens (tertiary/aromatic N) is 3. The number of aromatic nitrogens is 1. The second-order valence-electron chi connectivity index (χ2n) is 8.13. The minimum Gasteiger partial charge on any atom is -0.354 e. The van der Waals surface area contributed by atoms with Gasteiger partial charge in [-0.1, -0.05) is 66.7 Å². The lowest BCUT2D eigenvalue weighted by atomic mass is 9.88. The normalized spacial score (nSPS) is 14.6. The third kappa shape index (κ3) is 5.50. The van der Waals surface area contributed by atoms with Gasteiger partial charge in [0.15, 0.2) is 0 Å². The van der Waals surface area contributed by atoms with Gasteiger partial charge in [0.05, 0.1) is 0 Å². The van der Waals surface area contributed by atoms with E-state index in [-0.39, 0.29) is 11.8 Å². The van der Waals surface area contributed by atoms with Gasteiger partial charge in [-0.3, -0.25) is 4.79 Å². The van der Waals surface area contributed by atoms with E-state index < -0.39 is 0 Å². The Kier molecular flexibility index (Phi) is 6.95. The summed E-state index contributed by atoms with van der Waals surface area (Å²) in [5.74, 6) is 1.07. The van der Waals surface area contributed by atoms with Crippen molar-refractivity contribution in [3.8, 4) is 0 Å². The second kappa shape index (κ2) is 10.2. The van der Waals surface area contributed by atoms with E-state index in [1.54, 1.807) is 0 Å². The van der Waals surface area contributed by atoms with E-state index >= 15 is 0 Å². The number of hydrogen-bond acceptors (Lipinski definition) is 4. The van der Waals surface area contributed by atoms with Crippen molar-refractivity contribution in [3.63, 3.8) is 0 Å². The quantitative estimate of drug-likeness (QED) is 0.641. The average molecular weight is 415 g/mol. The van der Waals surface area contributed by atoms with Crippen LogP contribution in [0.1, 0.15) is 29.0 Å². The fourth-order valence-electron chi connectivity index (χ4n) is 4.12. The third-order valence-corrected chi connectivity index (χ3v) is 5.94. The lowest BCUT2D eigenvalue weighted by molar-refractivity contribution is -0.121. The molecule has 0 spiro atoms.